The Morgan fingerprint density at radius 1 is 1.32 bits per heavy atom. The van der Waals surface area contributed by atoms with E-state index in [1.165, 1.54) is 18.0 Å². The molecule has 1 fully saturated rings. The summed E-state index contributed by atoms with van der Waals surface area (Å²) in [7, 11) is 0. The summed E-state index contributed by atoms with van der Waals surface area (Å²) in [6, 6.07) is 7.86. The quantitative estimate of drug-likeness (QED) is 0.541. The van der Waals surface area contributed by atoms with E-state index in [-0.39, 0.29) is 17.2 Å². The van der Waals surface area contributed by atoms with Gasteiger partial charge in [0, 0.05) is 13.1 Å². The van der Waals surface area contributed by atoms with E-state index in [0.717, 1.165) is 37.2 Å². The lowest BCUT2D eigenvalue weighted by Crippen LogP contribution is -2.38. The molecule has 146 valence electrons. The van der Waals surface area contributed by atoms with Crippen molar-refractivity contribution < 1.29 is 4.79 Å². The molecule has 8 heteroatoms. The number of aromatic nitrogens is 4. The van der Waals surface area contributed by atoms with Crippen molar-refractivity contribution in [1.29, 1.82) is 0 Å². The Morgan fingerprint density at radius 2 is 2.11 bits per heavy atom. The number of nitrogens with one attached hydrogen (secondary N) is 1. The number of carbonyl (C=O) groups excluding carboxylic acids is 1. The van der Waals surface area contributed by atoms with Crippen molar-refractivity contribution in [3.63, 3.8) is 0 Å². The second kappa shape index (κ2) is 7.79. The molecule has 0 aliphatic carbocycles. The van der Waals surface area contributed by atoms with E-state index in [1.54, 1.807) is 4.68 Å². The largest absolute Gasteiger partial charge is 0.342 e. The third-order valence-corrected chi connectivity index (χ3v) is 5.99. The van der Waals surface area contributed by atoms with Gasteiger partial charge in [0.1, 0.15) is 5.39 Å². The van der Waals surface area contributed by atoms with Crippen LogP contribution in [-0.2, 0) is 4.79 Å². The molecular formula is C20H23N5O2S. The number of carbonyl (C=O) groups is 1. The second-order valence-electron chi connectivity index (χ2n) is 7.36. The average Bonchev–Trinajstić information content (AvgIpc) is 3.11. The summed E-state index contributed by atoms with van der Waals surface area (Å²) < 4.78 is 1.66. The molecule has 2 aromatic heterocycles. The van der Waals surface area contributed by atoms with Gasteiger partial charge in [0.25, 0.3) is 5.56 Å². The van der Waals surface area contributed by atoms with Crippen molar-refractivity contribution >= 4 is 28.7 Å². The smallest absolute Gasteiger partial charge is 0.262 e. The van der Waals surface area contributed by atoms with Crippen LogP contribution in [0.5, 0.6) is 0 Å². The van der Waals surface area contributed by atoms with E-state index in [2.05, 4.69) is 22.0 Å². The van der Waals surface area contributed by atoms with Crippen molar-refractivity contribution in [2.75, 3.05) is 18.8 Å². The standard InChI is InChI=1S/C20H23N5O2S/c1-13-6-8-24(9-7-13)17(26)12-28-20-22-18-16(19(27)23-20)11-21-25(18)15-5-3-4-14(2)10-15/h3-5,10-11,13H,6-9,12H2,1-2H3,(H,22,23,27). The molecule has 0 radical (unpaired) electrons. The van der Waals surface area contributed by atoms with Crippen LogP contribution in [0.3, 0.4) is 0 Å². The van der Waals surface area contributed by atoms with Crippen LogP contribution in [0, 0.1) is 12.8 Å². The molecule has 0 saturated carbocycles. The average molecular weight is 398 g/mol. The number of thioether (sulfide) groups is 1. The van der Waals surface area contributed by atoms with Crippen LogP contribution in [0.4, 0.5) is 0 Å². The fourth-order valence-corrected chi connectivity index (χ4v) is 4.15. The van der Waals surface area contributed by atoms with Gasteiger partial charge in [0.15, 0.2) is 10.8 Å². The molecule has 1 N–H and O–H groups in total. The maximum atomic E-state index is 12.5. The third-order valence-electron chi connectivity index (χ3n) is 5.13. The summed E-state index contributed by atoms with van der Waals surface area (Å²) in [5.74, 6) is 1.03. The normalized spacial score (nSPS) is 15.3. The minimum absolute atomic E-state index is 0.0897. The lowest BCUT2D eigenvalue weighted by Gasteiger charge is -2.30. The monoisotopic (exact) mass is 397 g/mol. The van der Waals surface area contributed by atoms with Crippen LogP contribution < -0.4 is 5.56 Å². The highest BCUT2D eigenvalue weighted by molar-refractivity contribution is 7.99. The Labute approximate surface area is 167 Å². The van der Waals surface area contributed by atoms with Gasteiger partial charge in [-0.2, -0.15) is 5.10 Å². The van der Waals surface area contributed by atoms with E-state index in [1.807, 2.05) is 36.1 Å². The molecule has 0 unspecified atom stereocenters. The molecule has 1 aliphatic rings. The number of amides is 1. The van der Waals surface area contributed by atoms with Crippen LogP contribution in [0.15, 0.2) is 40.4 Å². The summed E-state index contributed by atoms with van der Waals surface area (Å²) in [5.41, 5.74) is 2.20. The first-order valence-corrected chi connectivity index (χ1v) is 10.5. The first kappa shape index (κ1) is 18.7. The SMILES string of the molecule is Cc1cccc(-n2ncc3c(=O)[nH]c(SCC(=O)N4CCC(C)CC4)nc32)c1. The van der Waals surface area contributed by atoms with Crippen molar-refractivity contribution in [3.05, 3.63) is 46.4 Å². The van der Waals surface area contributed by atoms with Crippen LogP contribution >= 0.6 is 11.8 Å². The number of aryl methyl sites for hydroxylation is 1. The highest BCUT2D eigenvalue weighted by atomic mass is 32.2. The van der Waals surface area contributed by atoms with Crippen molar-refractivity contribution in [1.82, 2.24) is 24.6 Å². The molecule has 28 heavy (non-hydrogen) atoms. The molecular weight excluding hydrogens is 374 g/mol. The first-order chi connectivity index (χ1) is 13.5. The lowest BCUT2D eigenvalue weighted by atomic mass is 9.99. The summed E-state index contributed by atoms with van der Waals surface area (Å²) >= 11 is 1.26. The maximum Gasteiger partial charge on any atom is 0.262 e. The van der Waals surface area contributed by atoms with Crippen LogP contribution in [-0.4, -0.2) is 49.4 Å². The Kier molecular flexibility index (Phi) is 5.21. The zero-order chi connectivity index (χ0) is 19.7. The van der Waals surface area contributed by atoms with E-state index in [0.29, 0.717) is 22.1 Å². The van der Waals surface area contributed by atoms with E-state index in [9.17, 15) is 9.59 Å². The number of fused-ring (bicyclic) bond motifs is 1. The van der Waals surface area contributed by atoms with Crippen molar-refractivity contribution in [2.24, 2.45) is 5.92 Å². The molecule has 3 aromatic rings. The van der Waals surface area contributed by atoms with E-state index >= 15 is 0 Å². The van der Waals surface area contributed by atoms with Gasteiger partial charge in [-0.3, -0.25) is 9.59 Å². The molecule has 3 heterocycles. The first-order valence-electron chi connectivity index (χ1n) is 9.47. The van der Waals surface area contributed by atoms with Gasteiger partial charge in [0.05, 0.1) is 17.6 Å². The summed E-state index contributed by atoms with van der Waals surface area (Å²) in [4.78, 5) is 34.1. The Morgan fingerprint density at radius 3 is 2.86 bits per heavy atom. The zero-order valence-electron chi connectivity index (χ0n) is 16.0. The Balaban J connectivity index is 1.56. The molecule has 7 nitrogen and oxygen atoms in total. The Hall–Kier alpha value is -2.61. The summed E-state index contributed by atoms with van der Waals surface area (Å²) in [5, 5.41) is 5.20. The highest BCUT2D eigenvalue weighted by Gasteiger charge is 2.21. The van der Waals surface area contributed by atoms with Crippen LogP contribution in [0.1, 0.15) is 25.3 Å². The number of H-pyrrole nitrogens is 1. The number of nitrogens with zero attached hydrogens (tertiary/aromatic N) is 4. The fraction of sp³-hybridized carbons (Fsp3) is 0.400. The number of aromatic amines is 1. The number of hydrogen-bond acceptors (Lipinski definition) is 5. The fourth-order valence-electron chi connectivity index (χ4n) is 3.39. The number of piperidine rings is 1. The molecule has 1 aromatic carbocycles. The van der Waals surface area contributed by atoms with Crippen LogP contribution in [0.2, 0.25) is 0 Å². The predicted molar refractivity (Wildman–Crippen MR) is 110 cm³/mol. The number of likely N-dealkylation sites (tertiary alicyclic amines) is 1. The van der Waals surface area contributed by atoms with Crippen molar-refractivity contribution in [3.8, 4) is 5.69 Å². The minimum atomic E-state index is -0.245. The van der Waals surface area contributed by atoms with Crippen LogP contribution in [0.25, 0.3) is 16.7 Å². The molecule has 1 aliphatic heterocycles. The zero-order valence-corrected chi connectivity index (χ0v) is 16.8. The van der Waals surface area contributed by atoms with Gasteiger partial charge in [-0.25, -0.2) is 9.67 Å². The Bertz CT molecular complexity index is 1070. The summed E-state index contributed by atoms with van der Waals surface area (Å²) in [6.07, 6.45) is 3.62. The van der Waals surface area contributed by atoms with Gasteiger partial charge >= 0.3 is 0 Å². The van der Waals surface area contributed by atoms with Crippen molar-refractivity contribution in [2.45, 2.75) is 31.8 Å². The van der Waals surface area contributed by atoms with Gasteiger partial charge in [-0.05, 0) is 43.4 Å². The highest BCUT2D eigenvalue weighted by Crippen LogP contribution is 2.21. The molecule has 0 atom stereocenters. The lowest BCUT2D eigenvalue weighted by molar-refractivity contribution is -0.129. The topological polar surface area (TPSA) is 83.9 Å². The molecule has 4 rings (SSSR count). The predicted octanol–water partition coefficient (Wildman–Crippen LogP) is 2.77. The maximum absolute atomic E-state index is 12.5. The number of benzene rings is 1. The molecule has 0 spiro atoms. The summed E-state index contributed by atoms with van der Waals surface area (Å²) in [6.45, 7) is 5.84. The number of rotatable bonds is 4. The molecule has 1 saturated heterocycles. The van der Waals surface area contributed by atoms with E-state index in [4.69, 9.17) is 0 Å². The van der Waals surface area contributed by atoms with Gasteiger partial charge in [-0.15, -0.1) is 0 Å². The van der Waals surface area contributed by atoms with Gasteiger partial charge < -0.3 is 9.88 Å². The third kappa shape index (κ3) is 3.82. The van der Waals surface area contributed by atoms with Gasteiger partial charge in [0.2, 0.25) is 5.91 Å². The second-order valence-corrected chi connectivity index (χ2v) is 8.32. The number of hydrogen-bond donors (Lipinski definition) is 1. The minimum Gasteiger partial charge on any atom is -0.342 e. The molecule has 0 bridgehead atoms. The van der Waals surface area contributed by atoms with E-state index < -0.39 is 0 Å². The van der Waals surface area contributed by atoms with Gasteiger partial charge in [-0.1, -0.05) is 30.8 Å². The molecule has 1 amide bonds.